The largest absolute Gasteiger partial charge is 0.310 e. The minimum atomic E-state index is -0.380. The van der Waals surface area contributed by atoms with Crippen molar-refractivity contribution in [2.75, 3.05) is 24.7 Å². The van der Waals surface area contributed by atoms with Crippen LogP contribution in [0.5, 0.6) is 0 Å². The van der Waals surface area contributed by atoms with Gasteiger partial charge in [-0.25, -0.2) is 0 Å². The van der Waals surface area contributed by atoms with Gasteiger partial charge >= 0.3 is 0 Å². The van der Waals surface area contributed by atoms with E-state index in [-0.39, 0.29) is 25.2 Å². The fraction of sp³-hybridized carbons (Fsp3) is 0.417. The standard InChI is InChI=1S/C12H14ClFN2O/c13-9-2-1-3-11(6-9)16-8-10(4-5-14)15-7-12(16)17/h1-3,6,10,15H,4-5,7-8H2/t10-/m0/s1. The highest BCUT2D eigenvalue weighted by Crippen LogP contribution is 2.21. The molecule has 1 heterocycles. The zero-order valence-electron chi connectivity index (χ0n) is 9.33. The van der Waals surface area contributed by atoms with Crippen LogP contribution in [0.15, 0.2) is 24.3 Å². The van der Waals surface area contributed by atoms with Crippen LogP contribution < -0.4 is 10.2 Å². The number of alkyl halides is 1. The van der Waals surface area contributed by atoms with Gasteiger partial charge in [0.25, 0.3) is 0 Å². The summed E-state index contributed by atoms with van der Waals surface area (Å²) in [6.07, 6.45) is 0.421. The van der Waals surface area contributed by atoms with Gasteiger partial charge in [-0.05, 0) is 24.6 Å². The van der Waals surface area contributed by atoms with Crippen LogP contribution in [-0.2, 0) is 4.79 Å². The third-order valence-electron chi connectivity index (χ3n) is 2.82. The lowest BCUT2D eigenvalue weighted by Crippen LogP contribution is -2.54. The van der Waals surface area contributed by atoms with E-state index in [9.17, 15) is 9.18 Å². The van der Waals surface area contributed by atoms with Gasteiger partial charge in [-0.2, -0.15) is 0 Å². The molecule has 1 aromatic carbocycles. The molecule has 1 N–H and O–H groups in total. The maximum atomic E-state index is 12.3. The van der Waals surface area contributed by atoms with Gasteiger partial charge < -0.3 is 10.2 Å². The summed E-state index contributed by atoms with van der Waals surface area (Å²) in [5.41, 5.74) is 0.771. The lowest BCUT2D eigenvalue weighted by molar-refractivity contribution is -0.119. The zero-order chi connectivity index (χ0) is 12.3. The first-order valence-corrected chi connectivity index (χ1v) is 5.94. The Morgan fingerprint density at radius 3 is 3.06 bits per heavy atom. The Bertz CT molecular complexity index is 413. The molecule has 1 atom stereocenters. The Hall–Kier alpha value is -1.13. The predicted octanol–water partition coefficient (Wildman–Crippen LogP) is 2.00. The third-order valence-corrected chi connectivity index (χ3v) is 3.06. The van der Waals surface area contributed by atoms with E-state index in [0.29, 0.717) is 18.0 Å². The Morgan fingerprint density at radius 1 is 1.53 bits per heavy atom. The van der Waals surface area contributed by atoms with Crippen molar-refractivity contribution in [3.8, 4) is 0 Å². The fourth-order valence-electron chi connectivity index (χ4n) is 1.93. The van der Waals surface area contributed by atoms with Crippen molar-refractivity contribution in [3.05, 3.63) is 29.3 Å². The smallest absolute Gasteiger partial charge is 0.240 e. The van der Waals surface area contributed by atoms with Crippen LogP contribution >= 0.6 is 11.6 Å². The molecular weight excluding hydrogens is 243 g/mol. The van der Waals surface area contributed by atoms with Crippen LogP contribution in [0.4, 0.5) is 10.1 Å². The van der Waals surface area contributed by atoms with Crippen LogP contribution in [0.25, 0.3) is 0 Å². The van der Waals surface area contributed by atoms with E-state index < -0.39 is 0 Å². The molecule has 5 heteroatoms. The van der Waals surface area contributed by atoms with Crippen LogP contribution in [0.2, 0.25) is 5.02 Å². The summed E-state index contributed by atoms with van der Waals surface area (Å²) in [5, 5.41) is 3.61. The van der Waals surface area contributed by atoms with Gasteiger partial charge in [0, 0.05) is 23.3 Å². The molecule has 1 aromatic rings. The highest BCUT2D eigenvalue weighted by molar-refractivity contribution is 6.30. The van der Waals surface area contributed by atoms with Crippen molar-refractivity contribution in [1.29, 1.82) is 0 Å². The van der Waals surface area contributed by atoms with Gasteiger partial charge in [0.1, 0.15) is 0 Å². The summed E-state index contributed by atoms with van der Waals surface area (Å²) in [5.74, 6) is -0.0117. The number of nitrogens with one attached hydrogen (secondary N) is 1. The summed E-state index contributed by atoms with van der Waals surface area (Å²) in [6.45, 7) is 0.357. The number of amides is 1. The molecule has 1 fully saturated rings. The highest BCUT2D eigenvalue weighted by atomic mass is 35.5. The van der Waals surface area contributed by atoms with Crippen molar-refractivity contribution < 1.29 is 9.18 Å². The molecule has 0 radical (unpaired) electrons. The quantitative estimate of drug-likeness (QED) is 0.897. The lowest BCUT2D eigenvalue weighted by Gasteiger charge is -2.33. The van der Waals surface area contributed by atoms with Crippen LogP contribution in [0, 0.1) is 0 Å². The Morgan fingerprint density at radius 2 is 2.35 bits per heavy atom. The van der Waals surface area contributed by atoms with Crippen molar-refractivity contribution in [1.82, 2.24) is 5.32 Å². The summed E-state index contributed by atoms with van der Waals surface area (Å²) >= 11 is 5.90. The number of halogens is 2. The number of nitrogens with zero attached hydrogens (tertiary/aromatic N) is 1. The van der Waals surface area contributed by atoms with Gasteiger partial charge in [-0.15, -0.1) is 0 Å². The predicted molar refractivity (Wildman–Crippen MR) is 66.2 cm³/mol. The summed E-state index contributed by atoms with van der Waals surface area (Å²) in [7, 11) is 0. The topological polar surface area (TPSA) is 32.3 Å². The summed E-state index contributed by atoms with van der Waals surface area (Å²) < 4.78 is 12.3. The second-order valence-electron chi connectivity index (χ2n) is 4.04. The maximum absolute atomic E-state index is 12.3. The second kappa shape index (κ2) is 5.47. The second-order valence-corrected chi connectivity index (χ2v) is 4.48. The highest BCUT2D eigenvalue weighted by Gasteiger charge is 2.25. The van der Waals surface area contributed by atoms with E-state index in [1.165, 1.54) is 0 Å². The molecule has 3 nitrogen and oxygen atoms in total. The molecule has 0 unspecified atom stereocenters. The van der Waals surface area contributed by atoms with Gasteiger partial charge in [0.2, 0.25) is 5.91 Å². The first-order chi connectivity index (χ1) is 8.20. The molecular formula is C12H14ClFN2O. The van der Waals surface area contributed by atoms with E-state index in [1.54, 1.807) is 23.1 Å². The number of rotatable bonds is 3. The van der Waals surface area contributed by atoms with Gasteiger partial charge in [-0.3, -0.25) is 9.18 Å². The maximum Gasteiger partial charge on any atom is 0.240 e. The number of carbonyl (C=O) groups is 1. The van der Waals surface area contributed by atoms with Crippen molar-refractivity contribution >= 4 is 23.2 Å². The fourth-order valence-corrected chi connectivity index (χ4v) is 2.12. The average molecular weight is 257 g/mol. The number of hydrogen-bond donors (Lipinski definition) is 1. The lowest BCUT2D eigenvalue weighted by atomic mass is 10.1. The number of carbonyl (C=O) groups excluding carboxylic acids is 1. The third kappa shape index (κ3) is 2.96. The number of anilines is 1. The first-order valence-electron chi connectivity index (χ1n) is 5.56. The molecule has 0 saturated carbocycles. The van der Waals surface area contributed by atoms with Crippen molar-refractivity contribution in [2.45, 2.75) is 12.5 Å². The van der Waals surface area contributed by atoms with Gasteiger partial charge in [0.15, 0.2) is 0 Å². The average Bonchev–Trinajstić information content (AvgIpc) is 2.32. The minimum absolute atomic E-state index is 0.0108. The molecule has 1 saturated heterocycles. The Labute approximate surface area is 105 Å². The van der Waals surface area contributed by atoms with Crippen LogP contribution in [-0.4, -0.2) is 31.7 Å². The molecule has 0 spiro atoms. The normalized spacial score (nSPS) is 20.7. The molecule has 0 aliphatic carbocycles. The number of hydrogen-bond acceptors (Lipinski definition) is 2. The molecule has 2 rings (SSSR count). The van der Waals surface area contributed by atoms with Gasteiger partial charge in [0.05, 0.1) is 13.2 Å². The zero-order valence-corrected chi connectivity index (χ0v) is 10.1. The van der Waals surface area contributed by atoms with Crippen LogP contribution in [0.1, 0.15) is 6.42 Å². The number of benzene rings is 1. The first kappa shape index (κ1) is 12.3. The molecule has 0 aromatic heterocycles. The summed E-state index contributed by atoms with van der Waals surface area (Å²) in [6, 6.07) is 7.16. The molecule has 1 amide bonds. The van der Waals surface area contributed by atoms with Crippen molar-refractivity contribution in [2.24, 2.45) is 0 Å². The van der Waals surface area contributed by atoms with Crippen molar-refractivity contribution in [3.63, 3.8) is 0 Å². The Kier molecular flexibility index (Phi) is 3.97. The molecule has 1 aliphatic rings. The molecule has 17 heavy (non-hydrogen) atoms. The van der Waals surface area contributed by atoms with Crippen LogP contribution in [0.3, 0.4) is 0 Å². The minimum Gasteiger partial charge on any atom is -0.310 e. The van der Waals surface area contributed by atoms with E-state index in [0.717, 1.165) is 5.69 Å². The van der Waals surface area contributed by atoms with E-state index in [2.05, 4.69) is 5.32 Å². The molecule has 1 aliphatic heterocycles. The number of piperazine rings is 1. The van der Waals surface area contributed by atoms with E-state index in [4.69, 9.17) is 11.6 Å². The van der Waals surface area contributed by atoms with E-state index >= 15 is 0 Å². The SMILES string of the molecule is O=C1CN[C@@H](CCF)CN1c1cccc(Cl)c1. The molecule has 92 valence electrons. The monoisotopic (exact) mass is 256 g/mol. The van der Waals surface area contributed by atoms with Gasteiger partial charge in [-0.1, -0.05) is 17.7 Å². The summed E-state index contributed by atoms with van der Waals surface area (Å²) in [4.78, 5) is 13.4. The molecule has 0 bridgehead atoms. The Balaban J connectivity index is 2.15. The van der Waals surface area contributed by atoms with E-state index in [1.807, 2.05) is 6.07 Å².